The third kappa shape index (κ3) is 4.42. The smallest absolute Gasteiger partial charge is 0.250 e. The summed E-state index contributed by atoms with van der Waals surface area (Å²) in [6.07, 6.45) is 1.20. The first-order chi connectivity index (χ1) is 14.6. The second-order valence-corrected chi connectivity index (χ2v) is 7.39. The second kappa shape index (κ2) is 8.93. The highest BCUT2D eigenvalue weighted by Gasteiger charge is 2.27. The van der Waals surface area contributed by atoms with Gasteiger partial charge in [-0.2, -0.15) is 0 Å². The molecule has 0 fully saturated rings. The molecule has 2 amide bonds. The highest BCUT2D eigenvalue weighted by Crippen LogP contribution is 2.23. The van der Waals surface area contributed by atoms with Gasteiger partial charge in [-0.05, 0) is 39.6 Å². The second-order valence-electron chi connectivity index (χ2n) is 7.39. The van der Waals surface area contributed by atoms with Gasteiger partial charge < -0.3 is 15.4 Å². The van der Waals surface area contributed by atoms with Gasteiger partial charge in [0, 0.05) is 13.0 Å². The van der Waals surface area contributed by atoms with Crippen LogP contribution in [0.1, 0.15) is 22.7 Å². The Morgan fingerprint density at radius 3 is 2.57 bits per heavy atom. The summed E-state index contributed by atoms with van der Waals surface area (Å²) in [4.78, 5) is 24.7. The van der Waals surface area contributed by atoms with E-state index in [1.807, 2.05) is 66.7 Å². The summed E-state index contributed by atoms with van der Waals surface area (Å²) in [6, 6.07) is 21.7. The quantitative estimate of drug-likeness (QED) is 0.623. The van der Waals surface area contributed by atoms with Gasteiger partial charge in [-0.15, -0.1) is 0 Å². The first-order valence-electron chi connectivity index (χ1n) is 10.0. The molecule has 0 bridgehead atoms. The molecule has 2 N–H and O–H groups in total. The number of carbonyl (C=O) groups excluding carboxylic acids is 2. The fourth-order valence-corrected chi connectivity index (χ4v) is 3.73. The van der Waals surface area contributed by atoms with Crippen LogP contribution in [0.3, 0.4) is 0 Å². The zero-order valence-electron chi connectivity index (χ0n) is 16.6. The zero-order chi connectivity index (χ0) is 20.9. The summed E-state index contributed by atoms with van der Waals surface area (Å²) in [5.41, 5.74) is 3.17. The van der Waals surface area contributed by atoms with Gasteiger partial charge in [0.25, 0.3) is 0 Å². The predicted octanol–water partition coefficient (Wildman–Crippen LogP) is 3.44. The Hall–Kier alpha value is -3.44. The molecule has 1 heterocycles. The number of nitrogens with one attached hydrogen (secondary N) is 2. The average molecular weight is 400 g/mol. The van der Waals surface area contributed by atoms with Crippen LogP contribution in [-0.2, 0) is 27.4 Å². The van der Waals surface area contributed by atoms with Crippen LogP contribution in [0.15, 0.2) is 79.4 Å². The minimum Gasteiger partial charge on any atom is -0.363 e. The third-order valence-corrected chi connectivity index (χ3v) is 5.41. The number of hydrogen-bond donors (Lipinski definition) is 2. The van der Waals surface area contributed by atoms with E-state index in [0.717, 1.165) is 27.5 Å². The van der Waals surface area contributed by atoms with Crippen LogP contribution >= 0.6 is 0 Å². The maximum Gasteiger partial charge on any atom is 0.250 e. The van der Waals surface area contributed by atoms with Gasteiger partial charge in [0.2, 0.25) is 11.8 Å². The Balaban J connectivity index is 1.54. The van der Waals surface area contributed by atoms with Gasteiger partial charge in [-0.3, -0.25) is 9.59 Å². The normalized spacial score (nSPS) is 16.3. The molecule has 3 aromatic carbocycles. The third-order valence-electron chi connectivity index (χ3n) is 5.41. The van der Waals surface area contributed by atoms with E-state index in [2.05, 4.69) is 17.2 Å². The molecule has 0 saturated heterocycles. The van der Waals surface area contributed by atoms with Gasteiger partial charge in [-0.1, -0.05) is 67.2 Å². The van der Waals surface area contributed by atoms with Crippen LogP contribution in [-0.4, -0.2) is 24.5 Å². The molecule has 0 radical (unpaired) electrons. The summed E-state index contributed by atoms with van der Waals surface area (Å²) in [7, 11) is 0. The van der Waals surface area contributed by atoms with Crippen molar-refractivity contribution in [3.63, 3.8) is 0 Å². The van der Waals surface area contributed by atoms with Gasteiger partial charge >= 0.3 is 0 Å². The van der Waals surface area contributed by atoms with Crippen molar-refractivity contribution >= 4 is 22.6 Å². The lowest BCUT2D eigenvalue weighted by molar-refractivity contribution is -0.135. The topological polar surface area (TPSA) is 67.4 Å². The molecule has 152 valence electrons. The molecule has 2 atom stereocenters. The van der Waals surface area contributed by atoms with E-state index in [1.165, 1.54) is 6.08 Å². The standard InChI is InChI=1S/C25H24N2O3/c1-2-24(28)26-15-22(20-12-11-17-7-3-4-8-18(17)13-20)27-25(29)23-14-19-9-5-6-10-21(19)16-30-23/h2-13,22-23H,1,14-16H2,(H,26,28)(H,27,29). The lowest BCUT2D eigenvalue weighted by atomic mass is 9.98. The molecule has 2 unspecified atom stereocenters. The Labute approximate surface area is 175 Å². The molecule has 0 saturated carbocycles. The number of rotatable bonds is 6. The summed E-state index contributed by atoms with van der Waals surface area (Å²) in [5.74, 6) is -0.464. The van der Waals surface area contributed by atoms with Gasteiger partial charge in [0.1, 0.15) is 6.10 Å². The molecule has 5 nitrogen and oxygen atoms in total. The van der Waals surface area contributed by atoms with Gasteiger partial charge in [0.15, 0.2) is 0 Å². The minimum atomic E-state index is -0.557. The van der Waals surface area contributed by atoms with Crippen molar-refractivity contribution in [1.82, 2.24) is 10.6 Å². The fourth-order valence-electron chi connectivity index (χ4n) is 3.73. The van der Waals surface area contributed by atoms with Crippen molar-refractivity contribution in [2.75, 3.05) is 6.54 Å². The maximum absolute atomic E-state index is 13.0. The molecular weight excluding hydrogens is 376 g/mol. The van der Waals surface area contributed by atoms with Crippen molar-refractivity contribution in [3.05, 3.63) is 96.1 Å². The Bertz CT molecular complexity index is 1090. The molecule has 0 aliphatic carbocycles. The van der Waals surface area contributed by atoms with Crippen molar-refractivity contribution < 1.29 is 14.3 Å². The van der Waals surface area contributed by atoms with Crippen molar-refractivity contribution in [3.8, 4) is 0 Å². The summed E-state index contributed by atoms with van der Waals surface area (Å²) in [6.45, 7) is 4.17. The summed E-state index contributed by atoms with van der Waals surface area (Å²) in [5, 5.41) is 8.05. The molecule has 0 aromatic heterocycles. The largest absolute Gasteiger partial charge is 0.363 e. The van der Waals surface area contributed by atoms with Crippen LogP contribution < -0.4 is 10.6 Å². The molecule has 5 heteroatoms. The van der Waals surface area contributed by atoms with E-state index in [4.69, 9.17) is 4.74 Å². The minimum absolute atomic E-state index is 0.185. The lowest BCUT2D eigenvalue weighted by Crippen LogP contribution is -2.44. The van der Waals surface area contributed by atoms with Gasteiger partial charge in [-0.25, -0.2) is 0 Å². The molecule has 1 aliphatic rings. The summed E-state index contributed by atoms with van der Waals surface area (Å²) >= 11 is 0. The van der Waals surface area contributed by atoms with E-state index < -0.39 is 6.10 Å². The van der Waals surface area contributed by atoms with Crippen LogP contribution in [0.25, 0.3) is 10.8 Å². The average Bonchev–Trinajstić information content (AvgIpc) is 2.80. The highest BCUT2D eigenvalue weighted by molar-refractivity contribution is 5.87. The molecular formula is C25H24N2O3. The Morgan fingerprint density at radius 2 is 1.77 bits per heavy atom. The van der Waals surface area contributed by atoms with Crippen molar-refractivity contribution in [2.24, 2.45) is 0 Å². The summed E-state index contributed by atoms with van der Waals surface area (Å²) < 4.78 is 5.80. The Kier molecular flexibility index (Phi) is 5.91. The number of ether oxygens (including phenoxy) is 1. The molecule has 30 heavy (non-hydrogen) atoms. The molecule has 0 spiro atoms. The SMILES string of the molecule is C=CC(=O)NCC(NC(=O)C1Cc2ccccc2CO1)c1ccc2ccccc2c1. The van der Waals surface area contributed by atoms with E-state index in [0.29, 0.717) is 13.0 Å². The molecule has 4 rings (SSSR count). The number of amides is 2. The highest BCUT2D eigenvalue weighted by atomic mass is 16.5. The van der Waals surface area contributed by atoms with E-state index in [9.17, 15) is 9.59 Å². The van der Waals surface area contributed by atoms with Crippen LogP contribution in [0, 0.1) is 0 Å². The Morgan fingerprint density at radius 1 is 1.03 bits per heavy atom. The molecule has 1 aliphatic heterocycles. The number of carbonyl (C=O) groups is 2. The lowest BCUT2D eigenvalue weighted by Gasteiger charge is -2.27. The van der Waals surface area contributed by atoms with E-state index in [1.54, 1.807) is 0 Å². The number of fused-ring (bicyclic) bond motifs is 2. The number of benzene rings is 3. The number of hydrogen-bond acceptors (Lipinski definition) is 3. The monoisotopic (exact) mass is 400 g/mol. The van der Waals surface area contributed by atoms with Gasteiger partial charge in [0.05, 0.1) is 12.6 Å². The predicted molar refractivity (Wildman–Crippen MR) is 117 cm³/mol. The zero-order valence-corrected chi connectivity index (χ0v) is 16.6. The van der Waals surface area contributed by atoms with Crippen molar-refractivity contribution in [2.45, 2.75) is 25.2 Å². The van der Waals surface area contributed by atoms with Crippen LogP contribution in [0.2, 0.25) is 0 Å². The first-order valence-corrected chi connectivity index (χ1v) is 10.0. The fraction of sp³-hybridized carbons (Fsp3) is 0.200. The van der Waals surface area contributed by atoms with Crippen LogP contribution in [0.5, 0.6) is 0 Å². The first kappa shape index (κ1) is 19.9. The van der Waals surface area contributed by atoms with Crippen molar-refractivity contribution in [1.29, 1.82) is 0 Å². The van der Waals surface area contributed by atoms with E-state index >= 15 is 0 Å². The molecule has 3 aromatic rings. The van der Waals surface area contributed by atoms with Crippen LogP contribution in [0.4, 0.5) is 0 Å². The maximum atomic E-state index is 13.0. The van der Waals surface area contributed by atoms with E-state index in [-0.39, 0.29) is 24.4 Å².